The monoisotopic (exact) mass is 343 g/mol. The number of nitrogens with zero attached hydrogens (tertiary/aromatic N) is 3. The van der Waals surface area contributed by atoms with Gasteiger partial charge >= 0.3 is 0 Å². The molecule has 1 heterocycles. The highest BCUT2D eigenvalue weighted by atomic mass is 16.5. The molecule has 6 nitrogen and oxygen atoms in total. The van der Waals surface area contributed by atoms with E-state index in [0.29, 0.717) is 23.5 Å². The number of amides is 1. The third-order valence-electron chi connectivity index (χ3n) is 4.58. The predicted octanol–water partition coefficient (Wildman–Crippen LogP) is 2.84. The summed E-state index contributed by atoms with van der Waals surface area (Å²) in [5.74, 6) is -0.310. The van der Waals surface area contributed by atoms with Gasteiger partial charge in [0.15, 0.2) is 0 Å². The van der Waals surface area contributed by atoms with Gasteiger partial charge in [0.1, 0.15) is 5.75 Å². The van der Waals surface area contributed by atoms with E-state index in [2.05, 4.69) is 5.10 Å². The zero-order chi connectivity index (χ0) is 18.7. The normalized spacial score (nSPS) is 11.9. The number of likely N-dealkylation sites (N-methyl/N-ethyl adjacent to an activating group) is 1. The molecule has 0 bridgehead atoms. The van der Waals surface area contributed by atoms with E-state index >= 15 is 0 Å². The third-order valence-corrected chi connectivity index (χ3v) is 4.58. The smallest absolute Gasteiger partial charge is 0.295 e. The Bertz CT molecular complexity index is 795. The number of carbonyl (C=O) groups is 2. The van der Waals surface area contributed by atoms with E-state index in [0.717, 1.165) is 11.3 Å². The first-order valence-corrected chi connectivity index (χ1v) is 8.31. The number of methoxy groups -OCH3 is 1. The van der Waals surface area contributed by atoms with E-state index in [1.807, 2.05) is 38.1 Å². The zero-order valence-electron chi connectivity index (χ0n) is 15.7. The minimum absolute atomic E-state index is 0.242. The summed E-state index contributed by atoms with van der Waals surface area (Å²) in [4.78, 5) is 27.2. The fraction of sp³-hybridized carbons (Fsp3) is 0.421. The Morgan fingerprint density at radius 1 is 1.32 bits per heavy atom. The van der Waals surface area contributed by atoms with Crippen molar-refractivity contribution in [2.45, 2.75) is 33.7 Å². The number of ketones is 1. The van der Waals surface area contributed by atoms with Crippen molar-refractivity contribution >= 4 is 11.7 Å². The van der Waals surface area contributed by atoms with Crippen LogP contribution < -0.4 is 4.74 Å². The van der Waals surface area contributed by atoms with Gasteiger partial charge in [0.2, 0.25) is 0 Å². The molecule has 0 saturated heterocycles. The highest BCUT2D eigenvalue weighted by Crippen LogP contribution is 2.25. The van der Waals surface area contributed by atoms with Gasteiger partial charge in [-0.3, -0.25) is 14.3 Å². The molecule has 1 amide bonds. The van der Waals surface area contributed by atoms with Crippen LogP contribution in [0.25, 0.3) is 0 Å². The quantitative estimate of drug-likeness (QED) is 0.598. The highest BCUT2D eigenvalue weighted by Gasteiger charge is 2.30. The van der Waals surface area contributed by atoms with Crippen LogP contribution in [0.3, 0.4) is 0 Å². The molecule has 0 radical (unpaired) electrons. The molecule has 134 valence electrons. The lowest BCUT2D eigenvalue weighted by atomic mass is 10.0. The zero-order valence-corrected chi connectivity index (χ0v) is 15.7. The summed E-state index contributed by atoms with van der Waals surface area (Å²) in [7, 11) is 3.37. The van der Waals surface area contributed by atoms with Crippen LogP contribution in [0.4, 0.5) is 0 Å². The van der Waals surface area contributed by atoms with E-state index in [4.69, 9.17) is 4.74 Å². The van der Waals surface area contributed by atoms with E-state index in [9.17, 15) is 9.59 Å². The second-order valence-electron chi connectivity index (χ2n) is 6.04. The summed E-state index contributed by atoms with van der Waals surface area (Å²) in [6.45, 7) is 7.75. The van der Waals surface area contributed by atoms with Gasteiger partial charge in [-0.05, 0) is 45.4 Å². The molecule has 2 aromatic rings. The second-order valence-corrected chi connectivity index (χ2v) is 6.04. The van der Waals surface area contributed by atoms with Gasteiger partial charge < -0.3 is 9.64 Å². The summed E-state index contributed by atoms with van der Waals surface area (Å²) in [6.07, 6.45) is 0. The Balaban J connectivity index is 2.32. The molecule has 1 atom stereocenters. The summed E-state index contributed by atoms with van der Waals surface area (Å²) in [5, 5.41) is 4.23. The molecule has 6 heteroatoms. The fourth-order valence-electron chi connectivity index (χ4n) is 3.01. The first-order valence-electron chi connectivity index (χ1n) is 8.31. The van der Waals surface area contributed by atoms with Gasteiger partial charge in [0, 0.05) is 19.3 Å². The number of rotatable bonds is 6. The van der Waals surface area contributed by atoms with Crippen molar-refractivity contribution in [3.05, 3.63) is 46.8 Å². The van der Waals surface area contributed by atoms with E-state index in [1.54, 1.807) is 37.6 Å². The van der Waals surface area contributed by atoms with Crippen LogP contribution in [0, 0.1) is 13.8 Å². The maximum atomic E-state index is 12.9. The van der Waals surface area contributed by atoms with Crippen LogP contribution in [-0.2, 0) is 11.8 Å². The predicted molar refractivity (Wildman–Crippen MR) is 95.8 cm³/mol. The van der Waals surface area contributed by atoms with Gasteiger partial charge in [-0.1, -0.05) is 12.1 Å². The molecule has 0 aliphatic rings. The van der Waals surface area contributed by atoms with Crippen LogP contribution in [0.5, 0.6) is 5.75 Å². The minimum atomic E-state index is -0.517. The van der Waals surface area contributed by atoms with Crippen LogP contribution in [0.15, 0.2) is 24.3 Å². The van der Waals surface area contributed by atoms with Crippen LogP contribution in [-0.4, -0.2) is 40.0 Å². The second kappa shape index (κ2) is 7.51. The van der Waals surface area contributed by atoms with E-state index in [-0.39, 0.29) is 6.04 Å². The molecule has 2 rings (SSSR count). The molecule has 1 aromatic carbocycles. The average molecular weight is 343 g/mol. The molecule has 0 aliphatic carbocycles. The fourth-order valence-corrected chi connectivity index (χ4v) is 3.01. The topological polar surface area (TPSA) is 64.4 Å². The van der Waals surface area contributed by atoms with Gasteiger partial charge in [-0.25, -0.2) is 0 Å². The number of aromatic nitrogens is 2. The van der Waals surface area contributed by atoms with Crippen LogP contribution in [0.2, 0.25) is 0 Å². The van der Waals surface area contributed by atoms with Gasteiger partial charge in [0.25, 0.3) is 11.7 Å². The third kappa shape index (κ3) is 3.57. The Morgan fingerprint density at radius 3 is 2.52 bits per heavy atom. The largest absolute Gasteiger partial charge is 0.497 e. The number of hydrogen-bond donors (Lipinski definition) is 0. The van der Waals surface area contributed by atoms with Crippen LogP contribution >= 0.6 is 0 Å². The summed E-state index contributed by atoms with van der Waals surface area (Å²) >= 11 is 0. The SMILES string of the molecule is CCN(C(=O)C(=O)c1c(C)nn(C)c1C)C(C)c1cccc(OC)c1. The summed E-state index contributed by atoms with van der Waals surface area (Å²) in [5.41, 5.74) is 2.58. The Kier molecular flexibility index (Phi) is 5.62. The maximum absolute atomic E-state index is 12.9. The Hall–Kier alpha value is -2.63. The maximum Gasteiger partial charge on any atom is 0.295 e. The van der Waals surface area contributed by atoms with Crippen molar-refractivity contribution < 1.29 is 14.3 Å². The lowest BCUT2D eigenvalue weighted by Gasteiger charge is -2.28. The number of aryl methyl sites for hydroxylation is 2. The summed E-state index contributed by atoms with van der Waals surface area (Å²) in [6, 6.07) is 7.29. The molecule has 25 heavy (non-hydrogen) atoms. The molecule has 0 fully saturated rings. The Morgan fingerprint density at radius 2 is 2.00 bits per heavy atom. The Labute approximate surface area is 148 Å². The molecule has 0 spiro atoms. The van der Waals surface area contributed by atoms with Crippen molar-refractivity contribution in [2.75, 3.05) is 13.7 Å². The van der Waals surface area contributed by atoms with Crippen molar-refractivity contribution in [3.63, 3.8) is 0 Å². The molecule has 1 aromatic heterocycles. The van der Waals surface area contributed by atoms with Gasteiger partial charge in [0.05, 0.1) is 24.4 Å². The number of ether oxygens (including phenoxy) is 1. The van der Waals surface area contributed by atoms with Gasteiger partial charge in [-0.15, -0.1) is 0 Å². The summed E-state index contributed by atoms with van der Waals surface area (Å²) < 4.78 is 6.87. The number of carbonyl (C=O) groups excluding carboxylic acids is 2. The number of benzene rings is 1. The van der Waals surface area contributed by atoms with E-state index in [1.165, 1.54) is 0 Å². The standard InChI is InChI=1S/C19H25N3O3/c1-7-22(13(3)15-9-8-10-16(11-15)25-6)19(24)18(23)17-12(2)20-21(5)14(17)4/h8-11,13H,7H2,1-6H3. The lowest BCUT2D eigenvalue weighted by molar-refractivity contribution is -0.128. The molecular formula is C19H25N3O3. The first-order chi connectivity index (χ1) is 11.8. The molecular weight excluding hydrogens is 318 g/mol. The molecule has 1 unspecified atom stereocenters. The highest BCUT2D eigenvalue weighted by molar-refractivity contribution is 6.43. The van der Waals surface area contributed by atoms with Crippen molar-refractivity contribution in [3.8, 4) is 5.75 Å². The number of hydrogen-bond acceptors (Lipinski definition) is 4. The number of Topliss-reactive ketones (excluding diaryl/α,β-unsaturated/α-hetero) is 1. The molecule has 0 saturated carbocycles. The lowest BCUT2D eigenvalue weighted by Crippen LogP contribution is -2.38. The average Bonchev–Trinajstić information content (AvgIpc) is 2.86. The first kappa shape index (κ1) is 18.7. The van der Waals surface area contributed by atoms with Gasteiger partial charge in [-0.2, -0.15) is 5.10 Å². The molecule has 0 N–H and O–H groups in total. The molecule has 0 aliphatic heterocycles. The van der Waals surface area contributed by atoms with Crippen LogP contribution in [0.1, 0.15) is 47.2 Å². The van der Waals surface area contributed by atoms with Crippen molar-refractivity contribution in [2.24, 2.45) is 7.05 Å². The van der Waals surface area contributed by atoms with Crippen molar-refractivity contribution in [1.82, 2.24) is 14.7 Å². The van der Waals surface area contributed by atoms with E-state index < -0.39 is 11.7 Å². The van der Waals surface area contributed by atoms with Crippen molar-refractivity contribution in [1.29, 1.82) is 0 Å². The minimum Gasteiger partial charge on any atom is -0.497 e.